The van der Waals surface area contributed by atoms with Gasteiger partial charge in [0.1, 0.15) is 11.9 Å². The van der Waals surface area contributed by atoms with E-state index in [0.717, 1.165) is 6.07 Å². The first-order chi connectivity index (χ1) is 15.2. The molecule has 1 aliphatic heterocycles. The van der Waals surface area contributed by atoms with Gasteiger partial charge in [0.2, 0.25) is 23.6 Å². The first-order valence-electron chi connectivity index (χ1n) is 11.0. The lowest BCUT2D eigenvalue weighted by atomic mass is 9.77. The second-order valence-electron chi connectivity index (χ2n) is 10.0. The molecule has 3 amide bonds. The van der Waals surface area contributed by atoms with Gasteiger partial charge in [0, 0.05) is 31.5 Å². The number of anilines is 1. The van der Waals surface area contributed by atoms with Crippen LogP contribution in [0.15, 0.2) is 18.2 Å². The topological polar surface area (TPSA) is 108 Å². The van der Waals surface area contributed by atoms with Gasteiger partial charge in [-0.1, -0.05) is 26.8 Å². The Hall–Kier alpha value is -2.62. The van der Waals surface area contributed by atoms with Crippen molar-refractivity contribution in [3.05, 3.63) is 29.6 Å². The molecule has 1 aromatic rings. The van der Waals surface area contributed by atoms with Gasteiger partial charge in [-0.3, -0.25) is 14.4 Å². The molecule has 2 atom stereocenters. The number of hydrogen-bond acceptors (Lipinski definition) is 4. The lowest BCUT2D eigenvalue weighted by Crippen LogP contribution is -2.61. The fourth-order valence-corrected chi connectivity index (χ4v) is 4.25. The molecule has 182 valence electrons. The Morgan fingerprint density at radius 1 is 1.18 bits per heavy atom. The molecule has 0 aromatic heterocycles. The van der Waals surface area contributed by atoms with Crippen molar-refractivity contribution in [2.45, 2.75) is 75.9 Å². The molecule has 0 bridgehead atoms. The average molecular weight is 470 g/mol. The summed E-state index contributed by atoms with van der Waals surface area (Å²) < 4.78 is 42.0. The van der Waals surface area contributed by atoms with Crippen LogP contribution < -0.4 is 16.0 Å². The minimum absolute atomic E-state index is 0.0733. The summed E-state index contributed by atoms with van der Waals surface area (Å²) in [6, 6.07) is 2.61. The minimum Gasteiger partial charge on any atom is -0.387 e. The number of halogens is 3. The summed E-state index contributed by atoms with van der Waals surface area (Å²) in [5.41, 5.74) is -1.83. The second kappa shape index (κ2) is 8.96. The molecule has 1 saturated heterocycles. The summed E-state index contributed by atoms with van der Waals surface area (Å²) in [5, 5.41) is 18.5. The van der Waals surface area contributed by atoms with Gasteiger partial charge < -0.3 is 21.1 Å². The van der Waals surface area contributed by atoms with Crippen LogP contribution in [0.3, 0.4) is 0 Å². The van der Waals surface area contributed by atoms with Crippen LogP contribution in [-0.4, -0.2) is 46.9 Å². The van der Waals surface area contributed by atoms with E-state index in [9.17, 15) is 32.7 Å². The third-order valence-electron chi connectivity index (χ3n) is 6.33. The van der Waals surface area contributed by atoms with Crippen LogP contribution >= 0.6 is 0 Å². The van der Waals surface area contributed by atoms with Crippen LogP contribution in [0.5, 0.6) is 0 Å². The van der Waals surface area contributed by atoms with E-state index in [0.29, 0.717) is 5.56 Å². The fourth-order valence-electron chi connectivity index (χ4n) is 4.25. The van der Waals surface area contributed by atoms with Gasteiger partial charge in [0.25, 0.3) is 0 Å². The van der Waals surface area contributed by atoms with Crippen LogP contribution in [0, 0.1) is 11.7 Å². The van der Waals surface area contributed by atoms with Crippen molar-refractivity contribution < 1.29 is 32.7 Å². The molecule has 1 unspecified atom stereocenters. The summed E-state index contributed by atoms with van der Waals surface area (Å²) >= 11 is 0. The molecule has 0 spiro atoms. The Morgan fingerprint density at radius 3 is 2.33 bits per heavy atom. The van der Waals surface area contributed by atoms with Crippen LogP contribution in [0.4, 0.5) is 18.9 Å². The van der Waals surface area contributed by atoms with E-state index in [1.54, 1.807) is 0 Å². The number of aliphatic hydroxyl groups is 1. The average Bonchev–Trinajstić information content (AvgIpc) is 3.14. The molecule has 2 fully saturated rings. The normalized spacial score (nSPS) is 22.9. The monoisotopic (exact) mass is 469 g/mol. The summed E-state index contributed by atoms with van der Waals surface area (Å²) in [6.45, 7) is 5.60. The number of rotatable bonds is 5. The highest BCUT2D eigenvalue weighted by Gasteiger charge is 2.50. The molecule has 4 N–H and O–H groups in total. The number of benzene rings is 1. The van der Waals surface area contributed by atoms with Crippen molar-refractivity contribution in [3.8, 4) is 0 Å². The molecule has 0 radical (unpaired) electrons. The minimum atomic E-state index is -2.97. The Labute approximate surface area is 190 Å². The van der Waals surface area contributed by atoms with Crippen molar-refractivity contribution >= 4 is 23.4 Å². The number of alkyl halides is 2. The number of amides is 3. The molecule has 1 aromatic carbocycles. The molecular weight excluding hydrogens is 439 g/mol. The van der Waals surface area contributed by atoms with Crippen molar-refractivity contribution in [2.24, 2.45) is 5.92 Å². The van der Waals surface area contributed by atoms with Crippen LogP contribution in [0.25, 0.3) is 0 Å². The lowest BCUT2D eigenvalue weighted by molar-refractivity contribution is -0.145. The van der Waals surface area contributed by atoms with E-state index in [4.69, 9.17) is 0 Å². The van der Waals surface area contributed by atoms with E-state index in [-0.39, 0.29) is 24.6 Å². The molecule has 10 heteroatoms. The standard InChI is InChI=1S/C23H30F3N3O4/c1-21(2,3)15-5-4-14(11-16(15)24)28-20(32)18(22(33)6-8-23(25,26)9-7-22)29-19(31)13-10-17(30)27-12-13/h4-5,11,13,18,33H,6-10,12H2,1-3H3,(H,27,30)(H,28,32)(H,29,31)/t13-,18?/m0/s1. The number of nitrogens with one attached hydrogen (secondary N) is 3. The van der Waals surface area contributed by atoms with E-state index in [2.05, 4.69) is 16.0 Å². The van der Waals surface area contributed by atoms with Crippen molar-refractivity contribution in [1.82, 2.24) is 10.6 Å². The third-order valence-corrected chi connectivity index (χ3v) is 6.33. The zero-order chi connectivity index (χ0) is 24.6. The molecule has 3 rings (SSSR count). The maximum absolute atomic E-state index is 14.6. The molecule has 1 heterocycles. The quantitative estimate of drug-likeness (QED) is 0.532. The van der Waals surface area contributed by atoms with Crippen LogP contribution in [-0.2, 0) is 19.8 Å². The smallest absolute Gasteiger partial charge is 0.249 e. The van der Waals surface area contributed by atoms with Crippen LogP contribution in [0.2, 0.25) is 0 Å². The zero-order valence-corrected chi connectivity index (χ0v) is 18.9. The van der Waals surface area contributed by atoms with Gasteiger partial charge >= 0.3 is 0 Å². The molecular formula is C23H30F3N3O4. The Morgan fingerprint density at radius 2 is 1.82 bits per heavy atom. The number of carbonyl (C=O) groups is 3. The molecule has 1 saturated carbocycles. The van der Waals surface area contributed by atoms with E-state index >= 15 is 0 Å². The Bertz CT molecular complexity index is 935. The highest BCUT2D eigenvalue weighted by atomic mass is 19.3. The Kier molecular flexibility index (Phi) is 6.79. The second-order valence-corrected chi connectivity index (χ2v) is 10.0. The molecule has 1 aliphatic carbocycles. The van der Waals surface area contributed by atoms with Gasteiger partial charge in [-0.2, -0.15) is 0 Å². The van der Waals surface area contributed by atoms with Crippen molar-refractivity contribution in [3.63, 3.8) is 0 Å². The Balaban J connectivity index is 1.82. The highest BCUT2D eigenvalue weighted by molar-refractivity contribution is 5.99. The zero-order valence-electron chi connectivity index (χ0n) is 18.9. The number of hydrogen-bond donors (Lipinski definition) is 4. The van der Waals surface area contributed by atoms with Gasteiger partial charge in [0.15, 0.2) is 0 Å². The lowest BCUT2D eigenvalue weighted by Gasteiger charge is -2.41. The highest BCUT2D eigenvalue weighted by Crippen LogP contribution is 2.40. The summed E-state index contributed by atoms with van der Waals surface area (Å²) in [7, 11) is 0. The maximum atomic E-state index is 14.6. The van der Waals surface area contributed by atoms with Gasteiger partial charge in [-0.25, -0.2) is 13.2 Å². The summed E-state index contributed by atoms with van der Waals surface area (Å²) in [4.78, 5) is 37.2. The van der Waals surface area contributed by atoms with Gasteiger partial charge in [-0.15, -0.1) is 0 Å². The van der Waals surface area contributed by atoms with E-state index in [1.165, 1.54) is 12.1 Å². The first kappa shape index (κ1) is 25.0. The molecule has 2 aliphatic rings. The first-order valence-corrected chi connectivity index (χ1v) is 11.0. The predicted molar refractivity (Wildman–Crippen MR) is 115 cm³/mol. The fraction of sp³-hybridized carbons (Fsp3) is 0.609. The molecule has 7 nitrogen and oxygen atoms in total. The number of carbonyl (C=O) groups excluding carboxylic acids is 3. The van der Waals surface area contributed by atoms with Crippen molar-refractivity contribution in [1.29, 1.82) is 0 Å². The predicted octanol–water partition coefficient (Wildman–Crippen LogP) is 2.62. The molecule has 33 heavy (non-hydrogen) atoms. The van der Waals surface area contributed by atoms with Gasteiger partial charge in [0.05, 0.1) is 11.5 Å². The largest absolute Gasteiger partial charge is 0.387 e. The third kappa shape index (κ3) is 5.85. The maximum Gasteiger partial charge on any atom is 0.249 e. The van der Waals surface area contributed by atoms with Crippen molar-refractivity contribution in [2.75, 3.05) is 11.9 Å². The van der Waals surface area contributed by atoms with E-state index < -0.39 is 72.2 Å². The van der Waals surface area contributed by atoms with Gasteiger partial charge in [-0.05, 0) is 36.0 Å². The summed E-state index contributed by atoms with van der Waals surface area (Å²) in [5.74, 6) is -6.06. The van der Waals surface area contributed by atoms with Crippen LogP contribution in [0.1, 0.15) is 58.4 Å². The summed E-state index contributed by atoms with van der Waals surface area (Å²) in [6.07, 6.45) is -2.16. The van der Waals surface area contributed by atoms with E-state index in [1.807, 2.05) is 20.8 Å². The SMILES string of the molecule is CC(C)(C)c1ccc(NC(=O)C(NC(=O)[C@@H]2CNC(=O)C2)C2(O)CCC(F)(F)CC2)cc1F.